The predicted octanol–water partition coefficient (Wildman–Crippen LogP) is 1.23. The van der Waals surface area contributed by atoms with E-state index in [-0.39, 0.29) is 12.3 Å². The Morgan fingerprint density at radius 3 is 2.43 bits per heavy atom. The molecule has 1 aromatic carbocycles. The number of amides is 1. The quantitative estimate of drug-likeness (QED) is 0.861. The molecule has 0 aliphatic rings. The molecule has 0 bridgehead atoms. The number of fused-ring (bicyclic) bond motifs is 1. The Hall–Kier alpha value is -2.15. The Morgan fingerprint density at radius 2 is 1.86 bits per heavy atom. The van der Waals surface area contributed by atoms with Crippen molar-refractivity contribution in [3.8, 4) is 0 Å². The first-order valence-electron chi connectivity index (χ1n) is 6.30. The van der Waals surface area contributed by atoms with Crippen molar-refractivity contribution in [1.29, 1.82) is 0 Å². The molecule has 6 nitrogen and oxygen atoms in total. The van der Waals surface area contributed by atoms with E-state index in [0.29, 0.717) is 11.3 Å². The number of rotatable bonds is 4. The summed E-state index contributed by atoms with van der Waals surface area (Å²) in [7, 11) is -3.60. The minimum Gasteiger partial charge on any atom is -0.335 e. The van der Waals surface area contributed by atoms with Gasteiger partial charge in [-0.3, -0.25) is 14.3 Å². The van der Waals surface area contributed by atoms with Crippen LogP contribution in [0, 0.1) is 6.92 Å². The topological polar surface area (TPSA) is 85.2 Å². The first-order chi connectivity index (χ1) is 9.70. The van der Waals surface area contributed by atoms with Crippen LogP contribution in [0.25, 0.3) is 10.9 Å². The van der Waals surface area contributed by atoms with Gasteiger partial charge in [-0.05, 0) is 19.9 Å². The molecule has 1 heterocycles. The molecule has 0 radical (unpaired) electrons. The van der Waals surface area contributed by atoms with E-state index in [9.17, 15) is 18.0 Å². The Balaban J connectivity index is 2.52. The summed E-state index contributed by atoms with van der Waals surface area (Å²) in [4.78, 5) is 23.6. The highest BCUT2D eigenvalue weighted by Gasteiger charge is 2.19. The highest BCUT2D eigenvalue weighted by molar-refractivity contribution is 7.89. The van der Waals surface area contributed by atoms with Crippen molar-refractivity contribution in [3.63, 3.8) is 0 Å². The molecular weight excluding hydrogens is 292 g/mol. The summed E-state index contributed by atoms with van der Waals surface area (Å²) in [5, 5.41) is 0.759. The second kappa shape index (κ2) is 5.33. The van der Waals surface area contributed by atoms with Crippen molar-refractivity contribution in [2.75, 3.05) is 6.26 Å². The molecule has 1 N–H and O–H groups in total. The summed E-state index contributed by atoms with van der Waals surface area (Å²) < 4.78 is 25.8. The van der Waals surface area contributed by atoms with E-state index in [1.54, 1.807) is 23.6 Å². The second-order valence-corrected chi connectivity index (χ2v) is 6.67. The predicted molar refractivity (Wildman–Crippen MR) is 79.7 cm³/mol. The summed E-state index contributed by atoms with van der Waals surface area (Å²) in [6.07, 6.45) is 0.923. The molecule has 21 heavy (non-hydrogen) atoms. The van der Waals surface area contributed by atoms with Crippen LogP contribution in [0.1, 0.15) is 23.0 Å². The van der Waals surface area contributed by atoms with Crippen LogP contribution in [0.4, 0.5) is 0 Å². The molecule has 0 unspecified atom stereocenters. The van der Waals surface area contributed by atoms with Crippen molar-refractivity contribution >= 4 is 32.6 Å². The van der Waals surface area contributed by atoms with Gasteiger partial charge in [0.05, 0.1) is 6.26 Å². The van der Waals surface area contributed by atoms with Gasteiger partial charge in [-0.2, -0.15) is 0 Å². The van der Waals surface area contributed by atoms with Gasteiger partial charge in [0.15, 0.2) is 5.78 Å². The Bertz CT molecular complexity index is 834. The number of nitrogens with zero attached hydrogens (tertiary/aromatic N) is 1. The van der Waals surface area contributed by atoms with Crippen LogP contribution in [0.15, 0.2) is 24.3 Å². The summed E-state index contributed by atoms with van der Waals surface area (Å²) >= 11 is 0. The maximum absolute atomic E-state index is 11.8. The fourth-order valence-corrected chi connectivity index (χ4v) is 2.94. The molecular formula is C14H16N2O4S. The number of nitrogens with one attached hydrogen (secondary N) is 1. The lowest BCUT2D eigenvalue weighted by Crippen LogP contribution is -2.32. The fourth-order valence-electron chi connectivity index (χ4n) is 2.46. The SMILES string of the molecule is CC(=O)c1c(C)n(CC(=O)NS(C)(=O)=O)c2ccccc12. The van der Waals surface area contributed by atoms with Crippen molar-refractivity contribution in [2.45, 2.75) is 20.4 Å². The second-order valence-electron chi connectivity index (χ2n) is 4.92. The number of hydrogen-bond acceptors (Lipinski definition) is 4. The summed E-state index contributed by atoms with van der Waals surface area (Å²) in [5.74, 6) is -0.734. The van der Waals surface area contributed by atoms with Crippen molar-refractivity contribution in [3.05, 3.63) is 35.5 Å². The minimum atomic E-state index is -3.60. The first-order valence-corrected chi connectivity index (χ1v) is 8.19. The number of hydrogen-bond donors (Lipinski definition) is 1. The number of benzene rings is 1. The van der Waals surface area contributed by atoms with E-state index >= 15 is 0 Å². The third-order valence-corrected chi connectivity index (χ3v) is 3.78. The van der Waals surface area contributed by atoms with Crippen LogP contribution in [0.5, 0.6) is 0 Å². The van der Waals surface area contributed by atoms with Crippen LogP contribution in [-0.4, -0.2) is 30.9 Å². The molecule has 7 heteroatoms. The zero-order valence-corrected chi connectivity index (χ0v) is 12.8. The number of sulfonamides is 1. The molecule has 1 amide bonds. The molecule has 2 rings (SSSR count). The number of carbonyl (C=O) groups excluding carboxylic acids is 2. The zero-order valence-electron chi connectivity index (χ0n) is 12.0. The summed E-state index contributed by atoms with van der Waals surface area (Å²) in [6.45, 7) is 3.05. The molecule has 0 aliphatic carbocycles. The third kappa shape index (κ3) is 3.13. The van der Waals surface area contributed by atoms with Crippen LogP contribution in [-0.2, 0) is 21.4 Å². The number of para-hydroxylation sites is 1. The van der Waals surface area contributed by atoms with Gasteiger partial charge in [-0.15, -0.1) is 0 Å². The molecule has 0 spiro atoms. The zero-order chi connectivity index (χ0) is 15.8. The highest BCUT2D eigenvalue weighted by Crippen LogP contribution is 2.26. The Labute approximate surface area is 122 Å². The standard InChI is InChI=1S/C14H16N2O4S/c1-9-14(10(2)17)11-6-4-5-7-12(11)16(9)8-13(18)15-21(3,19)20/h4-7H,8H2,1-3H3,(H,15,18). The summed E-state index contributed by atoms with van der Waals surface area (Å²) in [6, 6.07) is 7.22. The van der Waals surface area contributed by atoms with E-state index in [4.69, 9.17) is 0 Å². The van der Waals surface area contributed by atoms with Crippen LogP contribution >= 0.6 is 0 Å². The van der Waals surface area contributed by atoms with Crippen LogP contribution in [0.3, 0.4) is 0 Å². The normalized spacial score (nSPS) is 11.6. The van der Waals surface area contributed by atoms with Gasteiger partial charge in [-0.1, -0.05) is 18.2 Å². The maximum atomic E-state index is 11.8. The Morgan fingerprint density at radius 1 is 1.24 bits per heavy atom. The van der Waals surface area contributed by atoms with E-state index in [1.165, 1.54) is 6.92 Å². The molecule has 0 aliphatic heterocycles. The van der Waals surface area contributed by atoms with Gasteiger partial charge in [-0.25, -0.2) is 8.42 Å². The molecule has 0 atom stereocenters. The first kappa shape index (κ1) is 15.2. The van der Waals surface area contributed by atoms with E-state index in [0.717, 1.165) is 17.2 Å². The summed E-state index contributed by atoms with van der Waals surface area (Å²) in [5.41, 5.74) is 1.92. The van der Waals surface area contributed by atoms with Crippen molar-refractivity contribution in [1.82, 2.24) is 9.29 Å². The average Bonchev–Trinajstić information content (AvgIpc) is 2.60. The number of ketones is 1. The van der Waals surface area contributed by atoms with Gasteiger partial charge in [0.1, 0.15) is 6.54 Å². The fraction of sp³-hybridized carbons (Fsp3) is 0.286. The van der Waals surface area contributed by atoms with Crippen LogP contribution < -0.4 is 4.72 Å². The van der Waals surface area contributed by atoms with Gasteiger partial charge in [0.25, 0.3) is 5.91 Å². The molecule has 2 aromatic rings. The molecule has 112 valence electrons. The number of Topliss-reactive ketones (excluding diaryl/α,β-unsaturated/α-hetero) is 1. The Kier molecular flexibility index (Phi) is 3.87. The van der Waals surface area contributed by atoms with E-state index < -0.39 is 15.9 Å². The number of carbonyl (C=O) groups is 2. The minimum absolute atomic E-state index is 0.0917. The molecule has 0 fully saturated rings. The molecule has 0 saturated carbocycles. The van der Waals surface area contributed by atoms with Gasteiger partial charge in [0.2, 0.25) is 10.0 Å². The van der Waals surface area contributed by atoms with Crippen LogP contribution in [0.2, 0.25) is 0 Å². The van der Waals surface area contributed by atoms with E-state index in [1.807, 2.05) is 16.9 Å². The maximum Gasteiger partial charge on any atom is 0.253 e. The lowest BCUT2D eigenvalue weighted by molar-refractivity contribution is -0.119. The van der Waals surface area contributed by atoms with Gasteiger partial charge in [0, 0.05) is 22.2 Å². The highest BCUT2D eigenvalue weighted by atomic mass is 32.2. The lowest BCUT2D eigenvalue weighted by atomic mass is 10.1. The third-order valence-electron chi connectivity index (χ3n) is 3.18. The molecule has 0 saturated heterocycles. The number of aromatic nitrogens is 1. The lowest BCUT2D eigenvalue weighted by Gasteiger charge is -2.08. The molecule has 1 aromatic heterocycles. The van der Waals surface area contributed by atoms with Crippen molar-refractivity contribution < 1.29 is 18.0 Å². The van der Waals surface area contributed by atoms with Crippen molar-refractivity contribution in [2.24, 2.45) is 0 Å². The largest absolute Gasteiger partial charge is 0.335 e. The average molecular weight is 308 g/mol. The van der Waals surface area contributed by atoms with Gasteiger partial charge >= 0.3 is 0 Å². The van der Waals surface area contributed by atoms with E-state index in [2.05, 4.69) is 0 Å². The van der Waals surface area contributed by atoms with Gasteiger partial charge < -0.3 is 4.57 Å². The smallest absolute Gasteiger partial charge is 0.253 e. The monoisotopic (exact) mass is 308 g/mol.